The molecule has 1 amide bonds. The quantitative estimate of drug-likeness (QED) is 0.218. The molecule has 4 rings (SSSR count). The summed E-state index contributed by atoms with van der Waals surface area (Å²) in [6, 6.07) is 12.3. The molecule has 16 heteroatoms. The zero-order valence-corrected chi connectivity index (χ0v) is 25.0. The topological polar surface area (TPSA) is 192 Å². The SMILES string of the molecule is COc1cccc(OC)c1C(=O)c1c(O)cc(C(=O)ON2CCCC[C@@H](NC(=O)c3ccc(O)cc3)C2)cc1O.O=C(O)C(F)(F)F. The molecule has 1 aliphatic rings. The van der Waals surface area contributed by atoms with E-state index in [4.69, 9.17) is 24.2 Å². The number of hydrogen-bond acceptors (Lipinski definition) is 11. The van der Waals surface area contributed by atoms with Gasteiger partial charge in [0.05, 0.1) is 26.3 Å². The van der Waals surface area contributed by atoms with Crippen LogP contribution in [-0.2, 0) is 9.63 Å². The first kappa shape index (κ1) is 36.0. The van der Waals surface area contributed by atoms with Gasteiger partial charge in [-0.1, -0.05) is 6.07 Å². The number of alkyl halides is 3. The van der Waals surface area contributed by atoms with Crippen LogP contribution in [0.3, 0.4) is 0 Å². The Morgan fingerprint density at radius 3 is 1.91 bits per heavy atom. The van der Waals surface area contributed by atoms with E-state index < -0.39 is 41.0 Å². The van der Waals surface area contributed by atoms with Crippen molar-refractivity contribution in [2.45, 2.75) is 31.5 Å². The first-order valence-corrected chi connectivity index (χ1v) is 13.8. The van der Waals surface area contributed by atoms with Crippen LogP contribution in [0.4, 0.5) is 13.2 Å². The summed E-state index contributed by atoms with van der Waals surface area (Å²) in [5, 5.41) is 42.2. The second-order valence-electron chi connectivity index (χ2n) is 10.0. The highest BCUT2D eigenvalue weighted by Crippen LogP contribution is 2.37. The molecule has 13 nitrogen and oxygen atoms in total. The van der Waals surface area contributed by atoms with Crippen LogP contribution in [0.1, 0.15) is 55.9 Å². The molecule has 1 aliphatic heterocycles. The molecule has 3 aromatic rings. The first-order valence-electron chi connectivity index (χ1n) is 13.8. The van der Waals surface area contributed by atoms with Crippen molar-refractivity contribution >= 4 is 23.6 Å². The smallest absolute Gasteiger partial charge is 0.490 e. The van der Waals surface area contributed by atoms with E-state index in [-0.39, 0.29) is 46.9 Å². The van der Waals surface area contributed by atoms with E-state index in [0.717, 1.165) is 18.6 Å². The number of aliphatic carboxylic acids is 1. The van der Waals surface area contributed by atoms with Gasteiger partial charge in [-0.15, -0.1) is 5.06 Å². The monoisotopic (exact) mass is 664 g/mol. The van der Waals surface area contributed by atoms with Crippen LogP contribution in [0.25, 0.3) is 0 Å². The van der Waals surface area contributed by atoms with Crippen molar-refractivity contribution in [3.05, 3.63) is 76.9 Å². The molecule has 0 saturated carbocycles. The van der Waals surface area contributed by atoms with E-state index in [2.05, 4.69) is 5.32 Å². The molecule has 5 N–H and O–H groups in total. The normalized spacial score (nSPS) is 14.9. The minimum Gasteiger partial charge on any atom is -0.508 e. The first-order chi connectivity index (χ1) is 22.2. The van der Waals surface area contributed by atoms with Gasteiger partial charge in [-0.05, 0) is 67.8 Å². The van der Waals surface area contributed by atoms with Crippen LogP contribution >= 0.6 is 0 Å². The zero-order valence-electron chi connectivity index (χ0n) is 25.0. The molecule has 252 valence electrons. The number of benzene rings is 3. The third-order valence-electron chi connectivity index (χ3n) is 6.77. The lowest BCUT2D eigenvalue weighted by molar-refractivity contribution is -0.192. The van der Waals surface area contributed by atoms with Gasteiger partial charge in [0.2, 0.25) is 5.78 Å². The van der Waals surface area contributed by atoms with Crippen LogP contribution in [0.2, 0.25) is 0 Å². The molecule has 3 aromatic carbocycles. The minimum absolute atomic E-state index is 0.00149. The van der Waals surface area contributed by atoms with Crippen molar-refractivity contribution in [2.24, 2.45) is 0 Å². The number of nitrogens with zero attached hydrogens (tertiary/aromatic N) is 1. The third-order valence-corrected chi connectivity index (χ3v) is 6.77. The summed E-state index contributed by atoms with van der Waals surface area (Å²) >= 11 is 0. The standard InChI is InChI=1S/C29H30N2O9.C2HF3O2/c1-38-23-7-5-8-24(39-2)26(23)27(35)25-21(33)14-18(15-22(25)34)29(37)40-31-13-4-3-6-19(16-31)30-28(36)17-9-11-20(32)12-10-17;3-2(4,5)1(6)7/h5,7-12,14-15,19,32-34H,3-4,6,13,16H2,1-2H3,(H,30,36);(H,6,7)/t19-;/m1./s1. The number of rotatable bonds is 8. The highest BCUT2D eigenvalue weighted by atomic mass is 19.4. The summed E-state index contributed by atoms with van der Waals surface area (Å²) in [5.41, 5.74) is -0.214. The van der Waals surface area contributed by atoms with Crippen molar-refractivity contribution in [2.75, 3.05) is 27.3 Å². The molecule has 1 fully saturated rings. The number of aromatic hydroxyl groups is 3. The fraction of sp³-hybridized carbons (Fsp3) is 0.290. The average molecular weight is 665 g/mol. The lowest BCUT2D eigenvalue weighted by Gasteiger charge is -2.24. The molecule has 0 spiro atoms. The van der Waals surface area contributed by atoms with Crippen LogP contribution < -0.4 is 14.8 Å². The van der Waals surface area contributed by atoms with Gasteiger partial charge in [-0.25, -0.2) is 9.59 Å². The van der Waals surface area contributed by atoms with Gasteiger partial charge in [0.15, 0.2) is 0 Å². The Hall–Kier alpha value is -5.51. The number of phenolic OH excluding ortho intramolecular Hbond substituents is 3. The largest absolute Gasteiger partial charge is 0.508 e. The van der Waals surface area contributed by atoms with Gasteiger partial charge in [0.25, 0.3) is 5.91 Å². The summed E-state index contributed by atoms with van der Waals surface area (Å²) in [6.45, 7) is 0.636. The number of phenols is 3. The summed E-state index contributed by atoms with van der Waals surface area (Å²) in [7, 11) is 2.74. The molecule has 1 saturated heterocycles. The number of carbonyl (C=O) groups excluding carboxylic acids is 3. The van der Waals surface area contributed by atoms with Crippen LogP contribution in [0.5, 0.6) is 28.7 Å². The fourth-order valence-corrected chi connectivity index (χ4v) is 4.52. The van der Waals surface area contributed by atoms with E-state index in [1.54, 1.807) is 6.07 Å². The van der Waals surface area contributed by atoms with Gasteiger partial charge < -0.3 is 40.1 Å². The van der Waals surface area contributed by atoms with Gasteiger partial charge in [0.1, 0.15) is 39.9 Å². The van der Waals surface area contributed by atoms with E-state index >= 15 is 0 Å². The molecular weight excluding hydrogens is 633 g/mol. The Bertz CT molecular complexity index is 1570. The van der Waals surface area contributed by atoms with Crippen LogP contribution in [0.15, 0.2) is 54.6 Å². The lowest BCUT2D eigenvalue weighted by atomic mass is 9.98. The molecule has 0 bridgehead atoms. The number of carbonyl (C=O) groups is 4. The summed E-state index contributed by atoms with van der Waals surface area (Å²) in [6.07, 6.45) is -2.91. The van der Waals surface area contributed by atoms with Gasteiger partial charge in [-0.3, -0.25) is 9.59 Å². The number of methoxy groups -OCH3 is 2. The summed E-state index contributed by atoms with van der Waals surface area (Å²) in [5.74, 6) is -5.53. The minimum atomic E-state index is -5.08. The van der Waals surface area contributed by atoms with Gasteiger partial charge in [-0.2, -0.15) is 13.2 Å². The molecule has 1 atom stereocenters. The second kappa shape index (κ2) is 15.7. The average Bonchev–Trinajstić information content (AvgIpc) is 3.24. The Morgan fingerprint density at radius 2 is 1.40 bits per heavy atom. The predicted octanol–water partition coefficient (Wildman–Crippen LogP) is 4.04. The van der Waals surface area contributed by atoms with Crippen molar-refractivity contribution < 1.29 is 67.1 Å². The number of carboxylic acid groups (broad SMARTS) is 1. The molecule has 47 heavy (non-hydrogen) atoms. The number of hydroxylamine groups is 2. The number of halogens is 3. The number of hydrogen-bond donors (Lipinski definition) is 5. The third kappa shape index (κ3) is 9.49. The summed E-state index contributed by atoms with van der Waals surface area (Å²) < 4.78 is 42.2. The van der Waals surface area contributed by atoms with E-state index in [0.29, 0.717) is 24.9 Å². The Labute approximate surface area is 265 Å². The van der Waals surface area contributed by atoms with E-state index in [9.17, 15) is 42.9 Å². The number of ketones is 1. The Balaban J connectivity index is 0.000000771. The maximum atomic E-state index is 13.3. The van der Waals surface area contributed by atoms with Crippen molar-refractivity contribution in [3.8, 4) is 28.7 Å². The Morgan fingerprint density at radius 1 is 0.851 bits per heavy atom. The van der Waals surface area contributed by atoms with Gasteiger partial charge >= 0.3 is 18.1 Å². The molecule has 0 aliphatic carbocycles. The highest BCUT2D eigenvalue weighted by Gasteiger charge is 2.38. The van der Waals surface area contributed by atoms with Crippen molar-refractivity contribution in [1.82, 2.24) is 10.4 Å². The van der Waals surface area contributed by atoms with Crippen molar-refractivity contribution in [3.63, 3.8) is 0 Å². The van der Waals surface area contributed by atoms with Crippen molar-refractivity contribution in [1.29, 1.82) is 0 Å². The number of ether oxygens (including phenoxy) is 2. The van der Waals surface area contributed by atoms with Gasteiger partial charge in [0, 0.05) is 18.2 Å². The number of carboxylic acids is 1. The maximum Gasteiger partial charge on any atom is 0.490 e. The molecular formula is C31H31F3N2O11. The number of nitrogens with one attached hydrogen (secondary N) is 1. The molecule has 1 heterocycles. The Kier molecular flexibility index (Phi) is 12.0. The number of amides is 1. The molecule has 0 radical (unpaired) electrons. The molecule has 0 unspecified atom stereocenters. The second-order valence-corrected chi connectivity index (χ2v) is 10.0. The lowest BCUT2D eigenvalue weighted by Crippen LogP contribution is -2.43. The molecule has 0 aromatic heterocycles. The fourth-order valence-electron chi connectivity index (χ4n) is 4.52. The summed E-state index contributed by atoms with van der Waals surface area (Å²) in [4.78, 5) is 53.2. The van der Waals surface area contributed by atoms with Crippen LogP contribution in [-0.4, -0.2) is 88.6 Å². The van der Waals surface area contributed by atoms with E-state index in [1.165, 1.54) is 55.7 Å². The highest BCUT2D eigenvalue weighted by molar-refractivity contribution is 6.16. The predicted molar refractivity (Wildman–Crippen MR) is 157 cm³/mol. The van der Waals surface area contributed by atoms with Crippen LogP contribution in [0, 0.1) is 0 Å². The zero-order chi connectivity index (χ0) is 34.9. The maximum absolute atomic E-state index is 13.3. The van der Waals surface area contributed by atoms with E-state index in [1.807, 2.05) is 0 Å².